The highest BCUT2D eigenvalue weighted by Gasteiger charge is 2.29. The minimum atomic E-state index is -0.264. The summed E-state index contributed by atoms with van der Waals surface area (Å²) in [4.78, 5) is 13.8. The van der Waals surface area contributed by atoms with Crippen LogP contribution in [0.5, 0.6) is 0 Å². The molecule has 0 aliphatic heterocycles. The van der Waals surface area contributed by atoms with E-state index in [4.69, 9.17) is 5.73 Å². The SMILES string of the molecule is CN(Cc1ccccc1F)C(=O)C1CCC(N)C1.Cl. The summed E-state index contributed by atoms with van der Waals surface area (Å²) in [5, 5.41) is 0. The molecule has 0 bridgehead atoms. The van der Waals surface area contributed by atoms with E-state index in [1.165, 1.54) is 6.07 Å². The molecule has 0 aromatic heterocycles. The number of benzene rings is 1. The van der Waals surface area contributed by atoms with Gasteiger partial charge in [-0.2, -0.15) is 0 Å². The van der Waals surface area contributed by atoms with Crippen molar-refractivity contribution in [1.82, 2.24) is 4.90 Å². The van der Waals surface area contributed by atoms with Crippen LogP contribution in [0.2, 0.25) is 0 Å². The Balaban J connectivity index is 0.00000180. The van der Waals surface area contributed by atoms with E-state index >= 15 is 0 Å². The predicted molar refractivity (Wildman–Crippen MR) is 75.4 cm³/mol. The van der Waals surface area contributed by atoms with Crippen molar-refractivity contribution < 1.29 is 9.18 Å². The van der Waals surface area contributed by atoms with Gasteiger partial charge in [-0.25, -0.2) is 4.39 Å². The van der Waals surface area contributed by atoms with Crippen molar-refractivity contribution in [2.24, 2.45) is 11.7 Å². The zero-order valence-corrected chi connectivity index (χ0v) is 11.8. The molecule has 0 saturated heterocycles. The molecule has 3 nitrogen and oxygen atoms in total. The molecular formula is C14H20ClFN2O. The molecule has 1 fully saturated rings. The van der Waals surface area contributed by atoms with Crippen LogP contribution in [0.3, 0.4) is 0 Å². The molecular weight excluding hydrogens is 267 g/mol. The van der Waals surface area contributed by atoms with Crippen LogP contribution < -0.4 is 5.73 Å². The van der Waals surface area contributed by atoms with Gasteiger partial charge in [0.15, 0.2) is 0 Å². The highest BCUT2D eigenvalue weighted by atomic mass is 35.5. The fraction of sp³-hybridized carbons (Fsp3) is 0.500. The Bertz CT molecular complexity index is 441. The third kappa shape index (κ3) is 3.91. The Morgan fingerprint density at radius 1 is 1.42 bits per heavy atom. The molecule has 5 heteroatoms. The van der Waals surface area contributed by atoms with Crippen LogP contribution in [0.15, 0.2) is 24.3 Å². The van der Waals surface area contributed by atoms with Gasteiger partial charge in [0.2, 0.25) is 5.91 Å². The average Bonchev–Trinajstić information content (AvgIpc) is 2.78. The molecule has 1 aliphatic rings. The van der Waals surface area contributed by atoms with Gasteiger partial charge in [0, 0.05) is 31.1 Å². The van der Waals surface area contributed by atoms with Crippen molar-refractivity contribution in [3.63, 3.8) is 0 Å². The Morgan fingerprint density at radius 3 is 2.68 bits per heavy atom. The summed E-state index contributed by atoms with van der Waals surface area (Å²) in [6, 6.07) is 6.69. The molecule has 2 atom stereocenters. The van der Waals surface area contributed by atoms with Crippen molar-refractivity contribution in [3.05, 3.63) is 35.6 Å². The van der Waals surface area contributed by atoms with Gasteiger partial charge in [-0.05, 0) is 25.3 Å². The first-order valence-electron chi connectivity index (χ1n) is 6.32. The van der Waals surface area contributed by atoms with E-state index in [2.05, 4.69) is 0 Å². The van der Waals surface area contributed by atoms with Crippen LogP contribution in [-0.2, 0) is 11.3 Å². The first-order valence-corrected chi connectivity index (χ1v) is 6.32. The topological polar surface area (TPSA) is 46.3 Å². The molecule has 2 unspecified atom stereocenters. The maximum atomic E-state index is 13.5. The third-order valence-corrected chi connectivity index (χ3v) is 3.56. The van der Waals surface area contributed by atoms with Gasteiger partial charge in [0.05, 0.1) is 0 Å². The van der Waals surface area contributed by atoms with Gasteiger partial charge in [-0.15, -0.1) is 12.4 Å². The van der Waals surface area contributed by atoms with Crippen molar-refractivity contribution >= 4 is 18.3 Å². The van der Waals surface area contributed by atoms with Crippen LogP contribution >= 0.6 is 12.4 Å². The molecule has 1 amide bonds. The first-order chi connectivity index (χ1) is 8.58. The second-order valence-corrected chi connectivity index (χ2v) is 5.06. The van der Waals surface area contributed by atoms with Crippen molar-refractivity contribution in [2.45, 2.75) is 31.8 Å². The van der Waals surface area contributed by atoms with E-state index < -0.39 is 0 Å². The average molecular weight is 287 g/mol. The van der Waals surface area contributed by atoms with Crippen LogP contribution in [-0.4, -0.2) is 23.9 Å². The minimum absolute atomic E-state index is 0. The van der Waals surface area contributed by atoms with E-state index in [-0.39, 0.29) is 36.1 Å². The number of carbonyl (C=O) groups excluding carboxylic acids is 1. The Labute approximate surface area is 119 Å². The van der Waals surface area contributed by atoms with E-state index in [9.17, 15) is 9.18 Å². The van der Waals surface area contributed by atoms with Crippen LogP contribution in [0.25, 0.3) is 0 Å². The van der Waals surface area contributed by atoms with Gasteiger partial charge < -0.3 is 10.6 Å². The summed E-state index contributed by atoms with van der Waals surface area (Å²) in [7, 11) is 1.72. The molecule has 1 saturated carbocycles. The highest BCUT2D eigenvalue weighted by molar-refractivity contribution is 5.85. The number of nitrogens with zero attached hydrogens (tertiary/aromatic N) is 1. The number of carbonyl (C=O) groups is 1. The molecule has 1 aromatic carbocycles. The summed E-state index contributed by atoms with van der Waals surface area (Å²) < 4.78 is 13.5. The van der Waals surface area contributed by atoms with E-state index in [1.807, 2.05) is 0 Å². The predicted octanol–water partition coefficient (Wildman–Crippen LogP) is 2.33. The first kappa shape index (κ1) is 15.9. The summed E-state index contributed by atoms with van der Waals surface area (Å²) in [6.07, 6.45) is 2.51. The minimum Gasteiger partial charge on any atom is -0.341 e. The number of rotatable bonds is 3. The lowest BCUT2D eigenvalue weighted by Gasteiger charge is -2.21. The monoisotopic (exact) mass is 286 g/mol. The van der Waals surface area contributed by atoms with Crippen LogP contribution in [0, 0.1) is 11.7 Å². The highest BCUT2D eigenvalue weighted by Crippen LogP contribution is 2.26. The Morgan fingerprint density at radius 2 is 2.11 bits per heavy atom. The maximum absolute atomic E-state index is 13.5. The summed E-state index contributed by atoms with van der Waals surface area (Å²) >= 11 is 0. The summed E-state index contributed by atoms with van der Waals surface area (Å²) in [6.45, 7) is 0.317. The Hall–Kier alpha value is -1.13. The van der Waals surface area contributed by atoms with Gasteiger partial charge in [0.1, 0.15) is 5.82 Å². The van der Waals surface area contributed by atoms with E-state index in [0.29, 0.717) is 12.1 Å². The third-order valence-electron chi connectivity index (χ3n) is 3.56. The standard InChI is InChI=1S/C14H19FN2O.ClH/c1-17(9-11-4-2-3-5-13(11)15)14(18)10-6-7-12(16)8-10;/h2-5,10,12H,6-9,16H2,1H3;1H. The normalized spacial score (nSPS) is 21.8. The number of nitrogens with two attached hydrogens (primary N) is 1. The number of amides is 1. The maximum Gasteiger partial charge on any atom is 0.225 e. The molecule has 1 aromatic rings. The lowest BCUT2D eigenvalue weighted by molar-refractivity contribution is -0.134. The lowest BCUT2D eigenvalue weighted by atomic mass is 10.1. The second-order valence-electron chi connectivity index (χ2n) is 5.06. The smallest absolute Gasteiger partial charge is 0.225 e. The number of hydrogen-bond acceptors (Lipinski definition) is 2. The molecule has 1 aliphatic carbocycles. The molecule has 0 radical (unpaired) electrons. The van der Waals surface area contributed by atoms with Gasteiger partial charge >= 0.3 is 0 Å². The summed E-state index contributed by atoms with van der Waals surface area (Å²) in [5.41, 5.74) is 6.36. The quantitative estimate of drug-likeness (QED) is 0.927. The van der Waals surface area contributed by atoms with Gasteiger partial charge in [0.25, 0.3) is 0 Å². The zero-order valence-electron chi connectivity index (χ0n) is 11.0. The van der Waals surface area contributed by atoms with Crippen LogP contribution in [0.4, 0.5) is 4.39 Å². The van der Waals surface area contributed by atoms with Gasteiger partial charge in [-0.1, -0.05) is 18.2 Å². The van der Waals surface area contributed by atoms with E-state index in [1.54, 1.807) is 30.1 Å². The zero-order chi connectivity index (χ0) is 13.1. The Kier molecular flexibility index (Phi) is 5.76. The fourth-order valence-electron chi connectivity index (χ4n) is 2.51. The largest absolute Gasteiger partial charge is 0.341 e. The lowest BCUT2D eigenvalue weighted by Crippen LogP contribution is -2.32. The van der Waals surface area contributed by atoms with E-state index in [0.717, 1.165) is 19.3 Å². The number of hydrogen-bond donors (Lipinski definition) is 1. The molecule has 2 N–H and O–H groups in total. The molecule has 19 heavy (non-hydrogen) atoms. The summed E-state index contributed by atoms with van der Waals surface area (Å²) in [5.74, 6) is -0.178. The number of halogens is 2. The molecule has 0 spiro atoms. The molecule has 106 valence electrons. The fourth-order valence-corrected chi connectivity index (χ4v) is 2.51. The van der Waals surface area contributed by atoms with Crippen LogP contribution in [0.1, 0.15) is 24.8 Å². The van der Waals surface area contributed by atoms with Crippen molar-refractivity contribution in [1.29, 1.82) is 0 Å². The van der Waals surface area contributed by atoms with Gasteiger partial charge in [-0.3, -0.25) is 4.79 Å². The van der Waals surface area contributed by atoms with Crippen molar-refractivity contribution in [2.75, 3.05) is 7.05 Å². The van der Waals surface area contributed by atoms with Crippen molar-refractivity contribution in [3.8, 4) is 0 Å². The molecule has 0 heterocycles. The molecule has 2 rings (SSSR count). The second kappa shape index (κ2) is 6.87.